The monoisotopic (exact) mass is 332 g/mol. The molecule has 0 N–H and O–H groups in total. The first-order chi connectivity index (χ1) is 6.36. The van der Waals surface area contributed by atoms with Crippen molar-refractivity contribution in [1.29, 1.82) is 0 Å². The SMILES string of the molecule is O=C([O-])C(F)CF.O=C([O-])C(F)CF.[Cd+2]. The van der Waals surface area contributed by atoms with Gasteiger partial charge in [-0.05, 0) is 0 Å². The van der Waals surface area contributed by atoms with Crippen LogP contribution in [-0.4, -0.2) is 37.6 Å². The summed E-state index contributed by atoms with van der Waals surface area (Å²) in [6, 6.07) is 0. The summed E-state index contributed by atoms with van der Waals surface area (Å²) in [5.74, 6) is -4.00. The predicted molar refractivity (Wildman–Crippen MR) is 31.8 cm³/mol. The Balaban J connectivity index is -0.000000180. The summed E-state index contributed by atoms with van der Waals surface area (Å²) in [7, 11) is 0. The van der Waals surface area contributed by atoms with E-state index in [-0.39, 0.29) is 27.3 Å². The zero-order chi connectivity index (χ0) is 11.7. The third-order valence-corrected chi connectivity index (χ3v) is 0.782. The quantitative estimate of drug-likeness (QED) is 0.445. The van der Waals surface area contributed by atoms with E-state index in [1.54, 1.807) is 0 Å². The Morgan fingerprint density at radius 2 is 1.13 bits per heavy atom. The molecule has 15 heavy (non-hydrogen) atoms. The van der Waals surface area contributed by atoms with E-state index in [0.717, 1.165) is 0 Å². The fraction of sp³-hybridized carbons (Fsp3) is 0.667. The van der Waals surface area contributed by atoms with Crippen LogP contribution in [0.25, 0.3) is 0 Å². The maximum atomic E-state index is 11.2. The van der Waals surface area contributed by atoms with E-state index in [1.165, 1.54) is 0 Å². The van der Waals surface area contributed by atoms with Crippen molar-refractivity contribution in [3.05, 3.63) is 0 Å². The Hall–Kier alpha value is -0.418. The second-order valence-corrected chi connectivity index (χ2v) is 1.88. The van der Waals surface area contributed by atoms with Crippen molar-refractivity contribution in [1.82, 2.24) is 0 Å². The van der Waals surface area contributed by atoms with Crippen LogP contribution < -0.4 is 10.2 Å². The molecule has 2 atom stereocenters. The molecule has 4 nitrogen and oxygen atoms in total. The molecule has 9 heteroatoms. The Morgan fingerprint density at radius 1 is 0.933 bits per heavy atom. The maximum absolute atomic E-state index is 11.2. The molecule has 0 amide bonds. The van der Waals surface area contributed by atoms with E-state index in [4.69, 9.17) is 0 Å². The van der Waals surface area contributed by atoms with Crippen molar-refractivity contribution in [2.24, 2.45) is 0 Å². The summed E-state index contributed by atoms with van der Waals surface area (Å²) in [5.41, 5.74) is 0. The minimum atomic E-state index is -2.46. The van der Waals surface area contributed by atoms with Gasteiger partial charge in [-0.3, -0.25) is 0 Å². The first kappa shape index (κ1) is 20.1. The summed E-state index contributed by atoms with van der Waals surface area (Å²) >= 11 is 0. The molecular formula is C6H6CdF4O4. The van der Waals surface area contributed by atoms with Gasteiger partial charge in [0, 0.05) is 0 Å². The molecule has 0 aliphatic rings. The number of hydrogen-bond acceptors (Lipinski definition) is 4. The molecule has 0 aromatic heterocycles. The molecule has 0 bridgehead atoms. The van der Waals surface area contributed by atoms with Crippen LogP contribution in [0, 0.1) is 0 Å². The third kappa shape index (κ3) is 13.6. The van der Waals surface area contributed by atoms with E-state index in [9.17, 15) is 37.4 Å². The van der Waals surface area contributed by atoms with Crippen molar-refractivity contribution in [2.45, 2.75) is 12.3 Å². The number of hydrogen-bond donors (Lipinski definition) is 0. The number of halogens is 4. The van der Waals surface area contributed by atoms with Crippen molar-refractivity contribution in [3.8, 4) is 0 Å². The summed E-state index contributed by atoms with van der Waals surface area (Å²) in [4.78, 5) is 18.4. The van der Waals surface area contributed by atoms with Crippen molar-refractivity contribution < 1.29 is 64.7 Å². The second-order valence-electron chi connectivity index (χ2n) is 1.88. The number of carboxylic acids is 2. The van der Waals surface area contributed by atoms with Gasteiger partial charge in [0.1, 0.15) is 13.3 Å². The molecule has 0 heterocycles. The number of carbonyl (C=O) groups is 2. The molecule has 0 saturated carbocycles. The van der Waals surface area contributed by atoms with Gasteiger partial charge in [0.25, 0.3) is 0 Å². The zero-order valence-corrected chi connectivity index (χ0v) is 11.5. The average Bonchev–Trinajstić information content (AvgIpc) is 2.15. The molecule has 0 aromatic carbocycles. The van der Waals surface area contributed by atoms with E-state index in [0.29, 0.717) is 0 Å². The Morgan fingerprint density at radius 3 is 1.13 bits per heavy atom. The average molecular weight is 331 g/mol. The molecular weight excluding hydrogens is 324 g/mol. The van der Waals surface area contributed by atoms with Crippen LogP contribution >= 0.6 is 0 Å². The van der Waals surface area contributed by atoms with E-state index in [2.05, 4.69) is 0 Å². The number of aliphatic carboxylic acids is 2. The number of alkyl halides is 4. The van der Waals surface area contributed by atoms with Gasteiger partial charge in [-0.25, -0.2) is 17.6 Å². The summed E-state index contributed by atoms with van der Waals surface area (Å²) in [6.07, 6.45) is -4.92. The second kappa shape index (κ2) is 11.7. The maximum Gasteiger partial charge on any atom is 2.00 e. The van der Waals surface area contributed by atoms with Gasteiger partial charge >= 0.3 is 27.3 Å². The Labute approximate surface area is 102 Å². The normalized spacial score (nSPS) is 12.5. The number of rotatable bonds is 4. The van der Waals surface area contributed by atoms with Crippen LogP contribution in [-0.2, 0) is 36.9 Å². The smallest absolute Gasteiger partial charge is 0.547 e. The molecule has 0 radical (unpaired) electrons. The topological polar surface area (TPSA) is 80.3 Å². The van der Waals surface area contributed by atoms with Gasteiger partial charge in [0.05, 0.1) is 11.9 Å². The van der Waals surface area contributed by atoms with Crippen molar-refractivity contribution >= 4 is 11.9 Å². The molecule has 0 aliphatic heterocycles. The van der Waals surface area contributed by atoms with Crippen molar-refractivity contribution in [3.63, 3.8) is 0 Å². The van der Waals surface area contributed by atoms with Gasteiger partial charge in [0.2, 0.25) is 0 Å². The minimum absolute atomic E-state index is 0. The fourth-order valence-electron chi connectivity index (χ4n) is 0.126. The molecule has 0 aliphatic carbocycles. The van der Waals surface area contributed by atoms with Gasteiger partial charge in [0.15, 0.2) is 12.3 Å². The van der Waals surface area contributed by atoms with E-state index < -0.39 is 37.6 Å². The predicted octanol–water partition coefficient (Wildman–Crippen LogP) is -1.91. The fourth-order valence-corrected chi connectivity index (χ4v) is 0.126. The van der Waals surface area contributed by atoms with Crippen LogP contribution in [0.15, 0.2) is 0 Å². The van der Waals surface area contributed by atoms with Crippen molar-refractivity contribution in [2.75, 3.05) is 13.3 Å². The third-order valence-electron chi connectivity index (χ3n) is 0.782. The Bertz CT molecular complexity index is 172. The number of carboxylic acid groups (broad SMARTS) is 2. The van der Waals surface area contributed by atoms with Crippen LogP contribution in [0.4, 0.5) is 17.6 Å². The standard InChI is InChI=1S/2C3H4F2O2.Cd/c2*4-1-2(5)3(6)7;/h2*2H,1H2,(H,6,7);/q;;+2/p-2. The molecule has 0 saturated heterocycles. The van der Waals surface area contributed by atoms with Gasteiger partial charge in [-0.15, -0.1) is 0 Å². The van der Waals surface area contributed by atoms with Crippen LogP contribution in [0.1, 0.15) is 0 Å². The minimum Gasteiger partial charge on any atom is -0.547 e. The Kier molecular flexibility index (Phi) is 15.6. The molecule has 0 rings (SSSR count). The van der Waals surface area contributed by atoms with E-state index in [1.807, 2.05) is 0 Å². The van der Waals surface area contributed by atoms with Crippen LogP contribution in [0.3, 0.4) is 0 Å². The number of carbonyl (C=O) groups excluding carboxylic acids is 2. The summed E-state index contributed by atoms with van der Waals surface area (Å²) < 4.78 is 44.1. The molecule has 84 valence electrons. The van der Waals surface area contributed by atoms with Gasteiger partial charge in [-0.2, -0.15) is 0 Å². The van der Waals surface area contributed by atoms with Gasteiger partial charge < -0.3 is 19.8 Å². The largest absolute Gasteiger partial charge is 2.00 e. The molecule has 0 aromatic rings. The zero-order valence-electron chi connectivity index (χ0n) is 7.42. The molecule has 2 unspecified atom stereocenters. The summed E-state index contributed by atoms with van der Waals surface area (Å²) in [6.45, 7) is -3.02. The molecule has 0 spiro atoms. The van der Waals surface area contributed by atoms with E-state index >= 15 is 0 Å². The van der Waals surface area contributed by atoms with Crippen LogP contribution in [0.2, 0.25) is 0 Å². The first-order valence-electron chi connectivity index (χ1n) is 3.18. The van der Waals surface area contributed by atoms with Gasteiger partial charge in [-0.1, -0.05) is 0 Å². The molecule has 0 fully saturated rings. The summed E-state index contributed by atoms with van der Waals surface area (Å²) in [5, 5.41) is 18.4. The van der Waals surface area contributed by atoms with Crippen LogP contribution in [0.5, 0.6) is 0 Å². The first-order valence-corrected chi connectivity index (χ1v) is 3.18.